The third-order valence-electron chi connectivity index (χ3n) is 1.77. The Morgan fingerprint density at radius 2 is 2.00 bits per heavy atom. The van der Waals surface area contributed by atoms with E-state index in [9.17, 15) is 4.79 Å². The Kier molecular flexibility index (Phi) is 3.94. The van der Waals surface area contributed by atoms with Gasteiger partial charge in [0.25, 0.3) is 0 Å². The van der Waals surface area contributed by atoms with Crippen LogP contribution in [0.1, 0.15) is 23.7 Å². The molecule has 0 saturated heterocycles. The smallest absolute Gasteiger partial charge is 0.180 e. The number of benzene rings is 1. The second-order valence-electron chi connectivity index (χ2n) is 2.75. The Morgan fingerprint density at radius 3 is 2.46 bits per heavy atom. The van der Waals surface area contributed by atoms with Crippen molar-refractivity contribution in [3.63, 3.8) is 0 Å². The van der Waals surface area contributed by atoms with E-state index in [0.29, 0.717) is 12.0 Å². The van der Waals surface area contributed by atoms with Gasteiger partial charge in [-0.15, -0.1) is 11.6 Å². The van der Waals surface area contributed by atoms with Crippen molar-refractivity contribution >= 4 is 33.3 Å². The molecule has 0 bridgehead atoms. The predicted molar refractivity (Wildman–Crippen MR) is 58.4 cm³/mol. The van der Waals surface area contributed by atoms with Gasteiger partial charge >= 0.3 is 0 Å². The Labute approximate surface area is 91.2 Å². The maximum Gasteiger partial charge on any atom is 0.180 e. The number of carbonyl (C=O) groups excluding carboxylic acids is 1. The predicted octanol–water partition coefficient (Wildman–Crippen LogP) is 3.65. The summed E-state index contributed by atoms with van der Waals surface area (Å²) in [6.07, 6.45) is 0.663. The highest BCUT2D eigenvalue weighted by Gasteiger charge is 2.14. The largest absolute Gasteiger partial charge is 0.293 e. The maximum absolute atomic E-state index is 11.5. The molecule has 1 aromatic carbocycles. The van der Waals surface area contributed by atoms with Crippen LogP contribution in [-0.2, 0) is 0 Å². The molecular formula is C10H10BrClO. The average molecular weight is 262 g/mol. The van der Waals surface area contributed by atoms with E-state index in [2.05, 4.69) is 15.9 Å². The van der Waals surface area contributed by atoms with Gasteiger partial charge in [0.2, 0.25) is 0 Å². The van der Waals surface area contributed by atoms with Gasteiger partial charge in [-0.1, -0.05) is 35.0 Å². The first-order valence-corrected chi connectivity index (χ1v) is 5.32. The lowest BCUT2D eigenvalue weighted by Gasteiger charge is -2.04. The van der Waals surface area contributed by atoms with E-state index in [4.69, 9.17) is 11.6 Å². The van der Waals surface area contributed by atoms with Crippen LogP contribution in [0.25, 0.3) is 0 Å². The molecule has 1 nitrogen and oxygen atoms in total. The molecule has 3 heteroatoms. The average Bonchev–Trinajstić information content (AvgIpc) is 2.17. The molecule has 0 N–H and O–H groups in total. The molecule has 0 aliphatic carbocycles. The molecular weight excluding hydrogens is 251 g/mol. The molecule has 13 heavy (non-hydrogen) atoms. The van der Waals surface area contributed by atoms with Gasteiger partial charge in [0.1, 0.15) is 0 Å². The van der Waals surface area contributed by atoms with Crippen molar-refractivity contribution in [3.05, 3.63) is 34.3 Å². The van der Waals surface area contributed by atoms with Crippen molar-refractivity contribution in [2.45, 2.75) is 18.7 Å². The van der Waals surface area contributed by atoms with E-state index in [0.717, 1.165) is 4.47 Å². The normalized spacial score (nSPS) is 12.5. The highest BCUT2D eigenvalue weighted by molar-refractivity contribution is 9.10. The van der Waals surface area contributed by atoms with E-state index in [1.807, 2.05) is 19.1 Å². The van der Waals surface area contributed by atoms with Gasteiger partial charge in [-0.05, 0) is 18.6 Å². The molecule has 0 radical (unpaired) electrons. The van der Waals surface area contributed by atoms with Gasteiger partial charge in [0, 0.05) is 10.0 Å². The van der Waals surface area contributed by atoms with Gasteiger partial charge in [-0.2, -0.15) is 0 Å². The molecule has 1 aromatic rings. The zero-order valence-electron chi connectivity index (χ0n) is 7.26. The third kappa shape index (κ3) is 2.82. The Morgan fingerprint density at radius 1 is 1.46 bits per heavy atom. The number of Topliss-reactive ketones (excluding diaryl/α,β-unsaturated/α-hetero) is 1. The van der Waals surface area contributed by atoms with Crippen LogP contribution in [0.15, 0.2) is 28.7 Å². The van der Waals surface area contributed by atoms with Crippen LogP contribution in [0.5, 0.6) is 0 Å². The first kappa shape index (κ1) is 10.7. The van der Waals surface area contributed by atoms with Crippen molar-refractivity contribution in [2.75, 3.05) is 0 Å². The second-order valence-corrected chi connectivity index (χ2v) is 4.19. The van der Waals surface area contributed by atoms with Crippen LogP contribution < -0.4 is 0 Å². The quantitative estimate of drug-likeness (QED) is 0.599. The first-order valence-electron chi connectivity index (χ1n) is 4.09. The molecule has 0 aromatic heterocycles. The second kappa shape index (κ2) is 4.77. The fourth-order valence-corrected chi connectivity index (χ4v) is 1.37. The van der Waals surface area contributed by atoms with Crippen LogP contribution in [0.3, 0.4) is 0 Å². The van der Waals surface area contributed by atoms with Crippen LogP contribution in [0, 0.1) is 0 Å². The van der Waals surface area contributed by atoms with Crippen LogP contribution in [0.2, 0.25) is 0 Å². The topological polar surface area (TPSA) is 17.1 Å². The number of ketones is 1. The minimum absolute atomic E-state index is 0.00309. The number of carbonyl (C=O) groups is 1. The molecule has 0 aliphatic heterocycles. The van der Waals surface area contributed by atoms with E-state index in [1.54, 1.807) is 12.1 Å². The molecule has 0 saturated carbocycles. The monoisotopic (exact) mass is 260 g/mol. The number of hydrogen-bond acceptors (Lipinski definition) is 1. The minimum atomic E-state index is -0.402. The van der Waals surface area contributed by atoms with Crippen molar-refractivity contribution in [3.8, 4) is 0 Å². The summed E-state index contributed by atoms with van der Waals surface area (Å²) < 4.78 is 0.965. The third-order valence-corrected chi connectivity index (χ3v) is 2.81. The van der Waals surface area contributed by atoms with E-state index in [-0.39, 0.29) is 5.78 Å². The lowest BCUT2D eigenvalue weighted by Crippen LogP contribution is -2.13. The molecule has 1 unspecified atom stereocenters. The lowest BCUT2D eigenvalue weighted by molar-refractivity contribution is 0.0985. The summed E-state index contributed by atoms with van der Waals surface area (Å²) >= 11 is 9.13. The number of hydrogen-bond donors (Lipinski definition) is 0. The van der Waals surface area contributed by atoms with Crippen molar-refractivity contribution < 1.29 is 4.79 Å². The van der Waals surface area contributed by atoms with Gasteiger partial charge < -0.3 is 0 Å². The summed E-state index contributed by atoms with van der Waals surface area (Å²) in [6, 6.07) is 7.23. The Bertz CT molecular complexity index is 294. The van der Waals surface area contributed by atoms with Crippen LogP contribution in [-0.4, -0.2) is 11.2 Å². The van der Waals surface area contributed by atoms with Gasteiger partial charge in [0.15, 0.2) is 5.78 Å². The zero-order valence-corrected chi connectivity index (χ0v) is 9.60. The lowest BCUT2D eigenvalue weighted by atomic mass is 10.1. The van der Waals surface area contributed by atoms with Crippen molar-refractivity contribution in [1.82, 2.24) is 0 Å². The Balaban J connectivity index is 2.83. The summed E-state index contributed by atoms with van der Waals surface area (Å²) in [5.74, 6) is -0.00309. The molecule has 0 heterocycles. The van der Waals surface area contributed by atoms with Gasteiger partial charge in [0.05, 0.1) is 5.38 Å². The Hall–Kier alpha value is -0.340. The maximum atomic E-state index is 11.5. The zero-order chi connectivity index (χ0) is 9.84. The number of rotatable bonds is 3. The number of halogens is 2. The molecule has 0 aliphatic rings. The van der Waals surface area contributed by atoms with Gasteiger partial charge in [-0.25, -0.2) is 0 Å². The van der Waals surface area contributed by atoms with Crippen molar-refractivity contribution in [2.24, 2.45) is 0 Å². The summed E-state index contributed by atoms with van der Waals surface area (Å²) in [7, 11) is 0. The minimum Gasteiger partial charge on any atom is -0.293 e. The summed E-state index contributed by atoms with van der Waals surface area (Å²) in [4.78, 5) is 11.5. The molecule has 0 fully saturated rings. The summed E-state index contributed by atoms with van der Waals surface area (Å²) in [6.45, 7) is 1.90. The standard InChI is InChI=1S/C10H10BrClO/c1-2-9(12)10(13)7-3-5-8(11)6-4-7/h3-6,9H,2H2,1H3. The van der Waals surface area contributed by atoms with Crippen LogP contribution in [0.4, 0.5) is 0 Å². The first-order chi connectivity index (χ1) is 6.15. The number of alkyl halides is 1. The molecule has 0 amide bonds. The van der Waals surface area contributed by atoms with E-state index in [1.165, 1.54) is 0 Å². The summed E-state index contributed by atoms with van der Waals surface area (Å²) in [5, 5.41) is -0.402. The SMILES string of the molecule is CCC(Cl)C(=O)c1ccc(Br)cc1. The van der Waals surface area contributed by atoms with E-state index < -0.39 is 5.38 Å². The molecule has 1 rings (SSSR count). The molecule has 1 atom stereocenters. The highest BCUT2D eigenvalue weighted by Crippen LogP contribution is 2.15. The molecule has 70 valence electrons. The molecule has 0 spiro atoms. The van der Waals surface area contributed by atoms with Crippen LogP contribution >= 0.6 is 27.5 Å². The highest BCUT2D eigenvalue weighted by atomic mass is 79.9. The fraction of sp³-hybridized carbons (Fsp3) is 0.300. The van der Waals surface area contributed by atoms with E-state index >= 15 is 0 Å². The summed E-state index contributed by atoms with van der Waals surface area (Å²) in [5.41, 5.74) is 0.671. The fourth-order valence-electron chi connectivity index (χ4n) is 0.980. The van der Waals surface area contributed by atoms with Gasteiger partial charge in [-0.3, -0.25) is 4.79 Å². The van der Waals surface area contributed by atoms with Crippen molar-refractivity contribution in [1.29, 1.82) is 0 Å².